The van der Waals surface area contributed by atoms with Crippen LogP contribution in [0, 0.1) is 11.6 Å². The summed E-state index contributed by atoms with van der Waals surface area (Å²) in [5.41, 5.74) is 6.72. The third-order valence-corrected chi connectivity index (χ3v) is 3.81. The average molecular weight is 288 g/mol. The Hall–Kier alpha value is -2.27. The second-order valence-electron chi connectivity index (χ2n) is 4.19. The fourth-order valence-electron chi connectivity index (χ4n) is 1.94. The maximum absolute atomic E-state index is 13.8. The predicted octanol–water partition coefficient (Wildman–Crippen LogP) is 4.34. The van der Waals surface area contributed by atoms with Gasteiger partial charge in [0.25, 0.3) is 0 Å². The minimum absolute atomic E-state index is 0.157. The zero-order valence-electron chi connectivity index (χ0n) is 10.3. The summed E-state index contributed by atoms with van der Waals surface area (Å²) in [6.45, 7) is 0. The minimum atomic E-state index is -0.665. The molecule has 0 aliphatic rings. The maximum Gasteiger partial charge on any atom is 0.135 e. The van der Waals surface area contributed by atoms with E-state index in [9.17, 15) is 8.78 Å². The number of nitrogens with two attached hydrogens (primary N) is 1. The van der Waals surface area contributed by atoms with Gasteiger partial charge < -0.3 is 5.73 Å². The quantitative estimate of drug-likeness (QED) is 0.762. The molecule has 0 saturated heterocycles. The van der Waals surface area contributed by atoms with Crippen molar-refractivity contribution in [1.29, 1.82) is 0 Å². The Labute approximate surface area is 118 Å². The van der Waals surface area contributed by atoms with Gasteiger partial charge in [-0.3, -0.25) is 0 Å². The van der Waals surface area contributed by atoms with Crippen molar-refractivity contribution < 1.29 is 8.78 Å². The van der Waals surface area contributed by atoms with E-state index in [0.717, 1.165) is 5.56 Å². The number of nitrogens with zero attached hydrogens (tertiary/aromatic N) is 1. The van der Waals surface area contributed by atoms with Crippen LogP contribution in [0.2, 0.25) is 0 Å². The molecule has 2 N–H and O–H groups in total. The molecule has 0 spiro atoms. The first-order valence-electron chi connectivity index (χ1n) is 5.93. The van der Waals surface area contributed by atoms with Gasteiger partial charge in [-0.1, -0.05) is 47.7 Å². The second-order valence-corrected chi connectivity index (χ2v) is 5.23. The van der Waals surface area contributed by atoms with Gasteiger partial charge in [-0.2, -0.15) is 0 Å². The summed E-state index contributed by atoms with van der Waals surface area (Å²) in [4.78, 5) is 4.29. The van der Waals surface area contributed by atoms with Crippen molar-refractivity contribution >= 4 is 16.3 Å². The third kappa shape index (κ3) is 2.16. The van der Waals surface area contributed by atoms with Crippen molar-refractivity contribution in [3.63, 3.8) is 0 Å². The van der Waals surface area contributed by atoms with Crippen LogP contribution >= 0.6 is 11.3 Å². The fourth-order valence-corrected chi connectivity index (χ4v) is 2.78. The van der Waals surface area contributed by atoms with Crippen LogP contribution in [-0.4, -0.2) is 4.98 Å². The Bertz CT molecular complexity index is 734. The lowest BCUT2D eigenvalue weighted by Crippen LogP contribution is -1.93. The highest BCUT2D eigenvalue weighted by Crippen LogP contribution is 2.37. The van der Waals surface area contributed by atoms with E-state index in [-0.39, 0.29) is 11.3 Å². The molecule has 3 aromatic rings. The Kier molecular flexibility index (Phi) is 3.20. The first-order chi connectivity index (χ1) is 9.66. The fraction of sp³-hybridized carbons (Fsp3) is 0. The summed E-state index contributed by atoms with van der Waals surface area (Å²) in [5.74, 6) is -1.33. The van der Waals surface area contributed by atoms with Crippen LogP contribution in [0.5, 0.6) is 0 Å². The lowest BCUT2D eigenvalue weighted by molar-refractivity contribution is 0.589. The summed E-state index contributed by atoms with van der Waals surface area (Å²) in [6.07, 6.45) is 0. The van der Waals surface area contributed by atoms with Crippen LogP contribution in [0.3, 0.4) is 0 Å². The van der Waals surface area contributed by atoms with Crippen molar-refractivity contribution in [2.45, 2.75) is 0 Å². The normalized spacial score (nSPS) is 10.7. The molecule has 5 heteroatoms. The summed E-state index contributed by atoms with van der Waals surface area (Å²) in [5, 5.41) is 0.939. The van der Waals surface area contributed by atoms with Crippen LogP contribution in [-0.2, 0) is 0 Å². The summed E-state index contributed by atoms with van der Waals surface area (Å²) < 4.78 is 27.6. The molecule has 0 atom stereocenters. The van der Waals surface area contributed by atoms with Gasteiger partial charge in [0.2, 0.25) is 0 Å². The van der Waals surface area contributed by atoms with Crippen molar-refractivity contribution in [2.24, 2.45) is 0 Å². The summed E-state index contributed by atoms with van der Waals surface area (Å²) >= 11 is 1.21. The SMILES string of the molecule is Nc1sc(-c2ccccc2)nc1-c1c(F)cccc1F. The molecule has 0 saturated carbocycles. The monoisotopic (exact) mass is 288 g/mol. The molecule has 2 aromatic carbocycles. The number of thiazole rings is 1. The molecule has 0 bridgehead atoms. The average Bonchev–Trinajstić information content (AvgIpc) is 2.82. The Morgan fingerprint density at radius 1 is 0.900 bits per heavy atom. The van der Waals surface area contributed by atoms with Crippen molar-refractivity contribution in [1.82, 2.24) is 4.98 Å². The van der Waals surface area contributed by atoms with E-state index in [1.807, 2.05) is 30.3 Å². The minimum Gasteiger partial charge on any atom is -0.389 e. The molecule has 2 nitrogen and oxygen atoms in total. The van der Waals surface area contributed by atoms with Gasteiger partial charge in [0, 0.05) is 5.56 Å². The molecule has 0 aliphatic heterocycles. The van der Waals surface area contributed by atoms with Crippen LogP contribution < -0.4 is 5.73 Å². The van der Waals surface area contributed by atoms with Gasteiger partial charge in [0.1, 0.15) is 27.3 Å². The molecule has 0 aliphatic carbocycles. The van der Waals surface area contributed by atoms with Crippen molar-refractivity contribution in [2.75, 3.05) is 5.73 Å². The largest absolute Gasteiger partial charge is 0.389 e. The molecule has 0 radical (unpaired) electrons. The van der Waals surface area contributed by atoms with Crippen molar-refractivity contribution in [3.8, 4) is 21.8 Å². The first-order valence-corrected chi connectivity index (χ1v) is 6.74. The Morgan fingerprint density at radius 3 is 2.20 bits per heavy atom. The van der Waals surface area contributed by atoms with Gasteiger partial charge in [-0.25, -0.2) is 13.8 Å². The van der Waals surface area contributed by atoms with Crippen LogP contribution in [0.1, 0.15) is 0 Å². The van der Waals surface area contributed by atoms with E-state index in [2.05, 4.69) is 4.98 Å². The van der Waals surface area contributed by atoms with E-state index < -0.39 is 11.6 Å². The van der Waals surface area contributed by atoms with E-state index in [0.29, 0.717) is 10.0 Å². The highest BCUT2D eigenvalue weighted by atomic mass is 32.1. The molecule has 20 heavy (non-hydrogen) atoms. The number of hydrogen-bond acceptors (Lipinski definition) is 3. The highest BCUT2D eigenvalue weighted by molar-refractivity contribution is 7.19. The molecule has 3 rings (SSSR count). The zero-order chi connectivity index (χ0) is 14.1. The van der Waals surface area contributed by atoms with Gasteiger partial charge in [0.15, 0.2) is 0 Å². The number of benzene rings is 2. The highest BCUT2D eigenvalue weighted by Gasteiger charge is 2.18. The maximum atomic E-state index is 13.8. The molecule has 0 amide bonds. The van der Waals surface area contributed by atoms with Crippen molar-refractivity contribution in [3.05, 3.63) is 60.2 Å². The molecular weight excluding hydrogens is 278 g/mol. The van der Waals surface area contributed by atoms with Gasteiger partial charge in [-0.05, 0) is 12.1 Å². The molecule has 1 aromatic heterocycles. The topological polar surface area (TPSA) is 38.9 Å². The Balaban J connectivity index is 2.15. The standard InChI is InChI=1S/C15H10F2N2S/c16-10-7-4-8-11(17)12(10)13-14(18)20-15(19-13)9-5-2-1-3-6-9/h1-8H,18H2. The number of hydrogen-bond donors (Lipinski definition) is 1. The summed E-state index contributed by atoms with van der Waals surface area (Å²) in [6, 6.07) is 13.1. The van der Waals surface area contributed by atoms with E-state index >= 15 is 0 Å². The molecule has 0 fully saturated rings. The van der Waals surface area contributed by atoms with Crippen LogP contribution in [0.15, 0.2) is 48.5 Å². The molecule has 100 valence electrons. The lowest BCUT2D eigenvalue weighted by Gasteiger charge is -2.02. The number of halogens is 2. The first kappa shape index (κ1) is 12.7. The zero-order valence-corrected chi connectivity index (χ0v) is 11.1. The van der Waals surface area contributed by atoms with E-state index in [4.69, 9.17) is 5.73 Å². The molecule has 0 unspecified atom stereocenters. The number of anilines is 1. The van der Waals surface area contributed by atoms with Crippen LogP contribution in [0.4, 0.5) is 13.8 Å². The van der Waals surface area contributed by atoms with Crippen LogP contribution in [0.25, 0.3) is 21.8 Å². The molecule has 1 heterocycles. The van der Waals surface area contributed by atoms with Gasteiger partial charge >= 0.3 is 0 Å². The number of nitrogen functional groups attached to an aromatic ring is 1. The van der Waals surface area contributed by atoms with E-state index in [1.165, 1.54) is 29.5 Å². The van der Waals surface area contributed by atoms with E-state index in [1.54, 1.807) is 0 Å². The molecular formula is C15H10F2N2S. The lowest BCUT2D eigenvalue weighted by atomic mass is 10.1. The number of aromatic nitrogens is 1. The van der Waals surface area contributed by atoms with Gasteiger partial charge in [0.05, 0.1) is 5.56 Å². The third-order valence-electron chi connectivity index (χ3n) is 2.87. The predicted molar refractivity (Wildman–Crippen MR) is 77.3 cm³/mol. The number of rotatable bonds is 2. The Morgan fingerprint density at radius 2 is 1.55 bits per heavy atom. The second kappa shape index (κ2) is 5.02. The summed E-state index contributed by atoms with van der Waals surface area (Å²) in [7, 11) is 0. The van der Waals surface area contributed by atoms with Gasteiger partial charge in [-0.15, -0.1) is 0 Å². The smallest absolute Gasteiger partial charge is 0.135 e.